The maximum atomic E-state index is 5.16. The summed E-state index contributed by atoms with van der Waals surface area (Å²) in [5, 5.41) is 0. The van der Waals surface area contributed by atoms with E-state index < -0.39 is 0 Å². The lowest BCUT2D eigenvalue weighted by Gasteiger charge is -2.29. The summed E-state index contributed by atoms with van der Waals surface area (Å²) in [4.78, 5) is 5.16. The molecule has 0 N–H and O–H groups in total. The highest BCUT2D eigenvalue weighted by atomic mass is 14.7. The SMILES string of the molecule is CC(C)c1nc(C(C)C)c(C(C)C)c(C(C)C)c1C(C)C. The van der Waals surface area contributed by atoms with Gasteiger partial charge in [-0.2, -0.15) is 0 Å². The van der Waals surface area contributed by atoms with Crippen LogP contribution in [-0.2, 0) is 0 Å². The van der Waals surface area contributed by atoms with E-state index in [2.05, 4.69) is 69.2 Å². The van der Waals surface area contributed by atoms with Gasteiger partial charge in [0.25, 0.3) is 0 Å². The van der Waals surface area contributed by atoms with Crippen LogP contribution in [0.15, 0.2) is 0 Å². The number of nitrogens with zero attached hydrogens (tertiary/aromatic N) is 1. The van der Waals surface area contributed by atoms with Crippen molar-refractivity contribution in [2.24, 2.45) is 0 Å². The average molecular weight is 290 g/mol. The molecule has 1 heterocycles. The van der Waals surface area contributed by atoms with Crippen LogP contribution in [0, 0.1) is 0 Å². The summed E-state index contributed by atoms with van der Waals surface area (Å²) in [6.45, 7) is 23.0. The molecule has 0 amide bonds. The van der Waals surface area contributed by atoms with Crippen LogP contribution >= 0.6 is 0 Å². The van der Waals surface area contributed by atoms with Gasteiger partial charge in [0, 0.05) is 11.4 Å². The van der Waals surface area contributed by atoms with Crippen molar-refractivity contribution >= 4 is 0 Å². The van der Waals surface area contributed by atoms with Gasteiger partial charge in [-0.15, -0.1) is 0 Å². The maximum Gasteiger partial charge on any atom is 0.0470 e. The van der Waals surface area contributed by atoms with Crippen LogP contribution in [0.4, 0.5) is 0 Å². The molecule has 120 valence electrons. The maximum absolute atomic E-state index is 5.16. The van der Waals surface area contributed by atoms with E-state index in [4.69, 9.17) is 4.98 Å². The largest absolute Gasteiger partial charge is 0.257 e. The normalized spacial score (nSPS) is 12.5. The lowest BCUT2D eigenvalue weighted by molar-refractivity contribution is 0.662. The molecular weight excluding hydrogens is 254 g/mol. The molecule has 0 fully saturated rings. The van der Waals surface area contributed by atoms with Crippen molar-refractivity contribution in [2.75, 3.05) is 0 Å². The molecule has 0 aliphatic heterocycles. The van der Waals surface area contributed by atoms with Crippen LogP contribution < -0.4 is 0 Å². The first-order chi connectivity index (χ1) is 9.59. The fraction of sp³-hybridized carbons (Fsp3) is 0.750. The van der Waals surface area contributed by atoms with Crippen molar-refractivity contribution in [3.8, 4) is 0 Å². The van der Waals surface area contributed by atoms with Crippen molar-refractivity contribution in [3.05, 3.63) is 28.1 Å². The number of aromatic nitrogens is 1. The van der Waals surface area contributed by atoms with Crippen molar-refractivity contribution in [3.63, 3.8) is 0 Å². The Kier molecular flexibility index (Phi) is 6.01. The van der Waals surface area contributed by atoms with Crippen molar-refractivity contribution in [2.45, 2.75) is 98.8 Å². The molecule has 21 heavy (non-hydrogen) atoms. The summed E-state index contributed by atoms with van der Waals surface area (Å²) in [5.41, 5.74) is 7.23. The van der Waals surface area contributed by atoms with Gasteiger partial charge in [0.2, 0.25) is 0 Å². The van der Waals surface area contributed by atoms with Gasteiger partial charge in [0.05, 0.1) is 0 Å². The second-order valence-corrected chi connectivity index (χ2v) is 7.90. The van der Waals surface area contributed by atoms with Crippen molar-refractivity contribution in [1.82, 2.24) is 4.98 Å². The highest BCUT2D eigenvalue weighted by Gasteiger charge is 2.26. The molecule has 0 spiro atoms. The Bertz CT molecular complexity index is 441. The Morgan fingerprint density at radius 3 is 0.905 bits per heavy atom. The minimum atomic E-state index is 0.485. The lowest BCUT2D eigenvalue weighted by atomic mass is 9.78. The Morgan fingerprint density at radius 1 is 0.429 bits per heavy atom. The molecule has 0 radical (unpaired) electrons. The Balaban J connectivity index is 3.89. The van der Waals surface area contributed by atoms with Crippen LogP contribution in [-0.4, -0.2) is 4.98 Å². The predicted molar refractivity (Wildman–Crippen MR) is 94.7 cm³/mol. The lowest BCUT2D eigenvalue weighted by Crippen LogP contribution is -2.16. The number of hydrogen-bond donors (Lipinski definition) is 0. The Labute approximate surface area is 132 Å². The highest BCUT2D eigenvalue weighted by molar-refractivity contribution is 5.47. The first kappa shape index (κ1) is 18.2. The molecule has 0 atom stereocenters. The molecule has 0 saturated heterocycles. The van der Waals surface area contributed by atoms with Gasteiger partial charge in [0.1, 0.15) is 0 Å². The van der Waals surface area contributed by atoms with Gasteiger partial charge < -0.3 is 0 Å². The smallest absolute Gasteiger partial charge is 0.0470 e. The first-order valence-electron chi connectivity index (χ1n) is 8.66. The summed E-state index contributed by atoms with van der Waals surface area (Å²) in [6.07, 6.45) is 0. The van der Waals surface area contributed by atoms with E-state index in [1.54, 1.807) is 5.56 Å². The second kappa shape index (κ2) is 6.94. The standard InChI is InChI=1S/C20H35N/c1-11(2)16-17(12(3)4)19(14(7)8)21-20(15(9)10)18(16)13(5)6/h11-15H,1-10H3. The fourth-order valence-corrected chi connectivity index (χ4v) is 3.39. The summed E-state index contributed by atoms with van der Waals surface area (Å²) < 4.78 is 0. The molecule has 1 aromatic heterocycles. The molecule has 0 aromatic carbocycles. The van der Waals surface area contributed by atoms with Crippen molar-refractivity contribution < 1.29 is 0 Å². The third-order valence-corrected chi connectivity index (χ3v) is 4.20. The third-order valence-electron chi connectivity index (χ3n) is 4.20. The van der Waals surface area contributed by atoms with Gasteiger partial charge >= 0.3 is 0 Å². The molecule has 0 saturated carbocycles. The minimum Gasteiger partial charge on any atom is -0.257 e. The molecular formula is C20H35N. The molecule has 0 aliphatic rings. The predicted octanol–water partition coefficient (Wildman–Crippen LogP) is 6.70. The van der Waals surface area contributed by atoms with Crippen LogP contribution in [0.1, 0.15) is 127 Å². The summed E-state index contributed by atoms with van der Waals surface area (Å²) in [7, 11) is 0. The van der Waals surface area contributed by atoms with Crippen LogP contribution in [0.2, 0.25) is 0 Å². The van der Waals surface area contributed by atoms with Gasteiger partial charge in [-0.25, -0.2) is 0 Å². The van der Waals surface area contributed by atoms with E-state index in [0.717, 1.165) is 0 Å². The Hall–Kier alpha value is -0.850. The van der Waals surface area contributed by atoms with E-state index in [0.29, 0.717) is 29.6 Å². The minimum absolute atomic E-state index is 0.485. The number of pyridine rings is 1. The van der Waals surface area contributed by atoms with E-state index >= 15 is 0 Å². The Morgan fingerprint density at radius 2 is 0.714 bits per heavy atom. The zero-order chi connectivity index (χ0) is 16.5. The quantitative estimate of drug-likeness (QED) is 0.587. The molecule has 1 heteroatoms. The van der Waals surface area contributed by atoms with Gasteiger partial charge in [0.15, 0.2) is 0 Å². The van der Waals surface area contributed by atoms with Gasteiger partial charge in [-0.1, -0.05) is 69.2 Å². The first-order valence-corrected chi connectivity index (χ1v) is 8.66. The van der Waals surface area contributed by atoms with Crippen LogP contribution in [0.5, 0.6) is 0 Å². The molecule has 1 rings (SSSR count). The van der Waals surface area contributed by atoms with E-state index in [1.165, 1.54) is 22.5 Å². The fourth-order valence-electron chi connectivity index (χ4n) is 3.39. The highest BCUT2D eigenvalue weighted by Crippen LogP contribution is 2.40. The summed E-state index contributed by atoms with van der Waals surface area (Å²) >= 11 is 0. The van der Waals surface area contributed by atoms with Crippen LogP contribution in [0.25, 0.3) is 0 Å². The average Bonchev–Trinajstić information content (AvgIpc) is 2.34. The molecule has 0 unspecified atom stereocenters. The van der Waals surface area contributed by atoms with Crippen LogP contribution in [0.3, 0.4) is 0 Å². The monoisotopic (exact) mass is 289 g/mol. The third kappa shape index (κ3) is 3.67. The number of hydrogen-bond acceptors (Lipinski definition) is 1. The molecule has 0 aliphatic carbocycles. The zero-order valence-corrected chi connectivity index (χ0v) is 15.8. The summed E-state index contributed by atoms with van der Waals surface area (Å²) in [5.74, 6) is 2.59. The van der Waals surface area contributed by atoms with Gasteiger partial charge in [-0.05, 0) is 46.3 Å². The summed E-state index contributed by atoms with van der Waals surface area (Å²) in [6, 6.07) is 0. The molecule has 1 nitrogen and oxygen atoms in total. The second-order valence-electron chi connectivity index (χ2n) is 7.90. The zero-order valence-electron chi connectivity index (χ0n) is 15.8. The number of rotatable bonds is 5. The van der Waals surface area contributed by atoms with Crippen molar-refractivity contribution in [1.29, 1.82) is 0 Å². The molecule has 0 bridgehead atoms. The van der Waals surface area contributed by atoms with E-state index in [-0.39, 0.29) is 0 Å². The topological polar surface area (TPSA) is 12.9 Å². The van der Waals surface area contributed by atoms with E-state index in [9.17, 15) is 0 Å². The molecule has 1 aromatic rings. The van der Waals surface area contributed by atoms with E-state index in [1.807, 2.05) is 0 Å². The van der Waals surface area contributed by atoms with Gasteiger partial charge in [-0.3, -0.25) is 4.98 Å².